The summed E-state index contributed by atoms with van der Waals surface area (Å²) in [6, 6.07) is 17.8. The minimum absolute atomic E-state index is 0.629. The highest BCUT2D eigenvalue weighted by Gasteiger charge is 1.98. The molecule has 0 unspecified atom stereocenters. The predicted octanol–water partition coefficient (Wildman–Crippen LogP) is 3.85. The van der Waals surface area contributed by atoms with Crippen molar-refractivity contribution in [2.45, 2.75) is 13.5 Å². The maximum Gasteiger partial charge on any atom is 0.0644 e. The third-order valence-corrected chi connectivity index (χ3v) is 3.03. The van der Waals surface area contributed by atoms with Crippen LogP contribution in [0.25, 0.3) is 0 Å². The molecule has 0 spiro atoms. The van der Waals surface area contributed by atoms with E-state index < -0.39 is 0 Å². The van der Waals surface area contributed by atoms with E-state index in [9.17, 15) is 0 Å². The second kappa shape index (κ2) is 6.22. The lowest BCUT2D eigenvalue weighted by atomic mass is 10.1. The highest BCUT2D eigenvalue weighted by molar-refractivity contribution is 6.31. The number of benzene rings is 2. The average Bonchev–Trinajstić information content (AvgIpc) is 2.42. The molecule has 0 aliphatic carbocycles. The molecule has 2 aromatic rings. The van der Waals surface area contributed by atoms with E-state index in [0.717, 1.165) is 21.9 Å². The summed E-state index contributed by atoms with van der Waals surface area (Å²) in [7, 11) is 0. The molecule has 0 bridgehead atoms. The first kappa shape index (κ1) is 12.7. The topological polar surface area (TPSA) is 24.4 Å². The molecule has 0 aromatic heterocycles. The number of rotatable bonds is 4. The van der Waals surface area contributed by atoms with Crippen molar-refractivity contribution in [3.63, 3.8) is 0 Å². The van der Waals surface area contributed by atoms with Gasteiger partial charge >= 0.3 is 0 Å². The van der Waals surface area contributed by atoms with Gasteiger partial charge in [0.25, 0.3) is 0 Å². The highest BCUT2D eigenvalue weighted by atomic mass is 35.5. The second-order valence-corrected chi connectivity index (χ2v) is 4.40. The highest BCUT2D eigenvalue weighted by Crippen LogP contribution is 2.14. The number of halogens is 1. The molecule has 0 fully saturated rings. The molecule has 2 nitrogen and oxygen atoms in total. The summed E-state index contributed by atoms with van der Waals surface area (Å²) in [5.41, 5.74) is 6.17. The van der Waals surface area contributed by atoms with Crippen LogP contribution in [-0.2, 0) is 6.54 Å². The standard InChI is InChI=1S/C15H15ClN2/c1-12(13-7-3-2-4-8-13)18-17-11-14-9-5-6-10-15(14)16/h2-10,17H,11H2,1H3/b18-12-. The summed E-state index contributed by atoms with van der Waals surface area (Å²) in [4.78, 5) is 0. The summed E-state index contributed by atoms with van der Waals surface area (Å²) in [5.74, 6) is 0. The Bertz CT molecular complexity index is 535. The Morgan fingerprint density at radius 2 is 1.72 bits per heavy atom. The van der Waals surface area contributed by atoms with Crippen molar-refractivity contribution in [1.29, 1.82) is 0 Å². The smallest absolute Gasteiger partial charge is 0.0644 e. The Kier molecular flexibility index (Phi) is 4.37. The molecule has 0 radical (unpaired) electrons. The largest absolute Gasteiger partial charge is 0.305 e. The molecule has 0 heterocycles. The Labute approximate surface area is 112 Å². The van der Waals surface area contributed by atoms with E-state index in [1.165, 1.54) is 0 Å². The predicted molar refractivity (Wildman–Crippen MR) is 76.9 cm³/mol. The van der Waals surface area contributed by atoms with E-state index in [0.29, 0.717) is 6.54 Å². The van der Waals surface area contributed by atoms with Crippen molar-refractivity contribution < 1.29 is 0 Å². The molecule has 0 aliphatic rings. The van der Waals surface area contributed by atoms with Gasteiger partial charge in [0.05, 0.1) is 12.3 Å². The Hall–Kier alpha value is -1.80. The van der Waals surface area contributed by atoms with Crippen molar-refractivity contribution >= 4 is 17.3 Å². The van der Waals surface area contributed by atoms with E-state index in [1.54, 1.807) is 0 Å². The van der Waals surface area contributed by atoms with Gasteiger partial charge in [-0.25, -0.2) is 0 Å². The molecule has 0 aliphatic heterocycles. The monoisotopic (exact) mass is 258 g/mol. The van der Waals surface area contributed by atoms with Crippen LogP contribution in [0.15, 0.2) is 59.7 Å². The summed E-state index contributed by atoms with van der Waals surface area (Å²) < 4.78 is 0. The van der Waals surface area contributed by atoms with Crippen LogP contribution in [0.5, 0.6) is 0 Å². The van der Waals surface area contributed by atoms with Gasteiger partial charge in [-0.15, -0.1) is 0 Å². The van der Waals surface area contributed by atoms with Gasteiger partial charge in [-0.2, -0.15) is 5.10 Å². The fourth-order valence-corrected chi connectivity index (χ4v) is 1.83. The Morgan fingerprint density at radius 3 is 2.44 bits per heavy atom. The molecule has 18 heavy (non-hydrogen) atoms. The van der Waals surface area contributed by atoms with Crippen molar-refractivity contribution in [3.8, 4) is 0 Å². The van der Waals surface area contributed by atoms with Crippen LogP contribution in [0.1, 0.15) is 18.1 Å². The van der Waals surface area contributed by atoms with E-state index in [4.69, 9.17) is 11.6 Å². The normalized spacial score (nSPS) is 11.3. The van der Waals surface area contributed by atoms with Gasteiger partial charge in [0, 0.05) is 5.02 Å². The van der Waals surface area contributed by atoms with E-state index in [1.807, 2.05) is 61.5 Å². The van der Waals surface area contributed by atoms with E-state index >= 15 is 0 Å². The van der Waals surface area contributed by atoms with Crippen LogP contribution in [0.2, 0.25) is 5.02 Å². The second-order valence-electron chi connectivity index (χ2n) is 3.99. The van der Waals surface area contributed by atoms with Gasteiger partial charge in [0.1, 0.15) is 0 Å². The molecule has 0 saturated heterocycles. The van der Waals surface area contributed by atoms with Crippen LogP contribution in [-0.4, -0.2) is 5.71 Å². The molecule has 2 rings (SSSR count). The van der Waals surface area contributed by atoms with Crippen LogP contribution < -0.4 is 5.43 Å². The van der Waals surface area contributed by atoms with Crippen molar-refractivity contribution in [2.24, 2.45) is 5.10 Å². The summed E-state index contributed by atoms with van der Waals surface area (Å²) in [5, 5.41) is 5.10. The molecular weight excluding hydrogens is 244 g/mol. The van der Waals surface area contributed by atoms with Crippen LogP contribution in [0.3, 0.4) is 0 Å². The van der Waals surface area contributed by atoms with Crippen molar-refractivity contribution in [3.05, 3.63) is 70.7 Å². The maximum absolute atomic E-state index is 6.07. The van der Waals surface area contributed by atoms with Crippen molar-refractivity contribution in [1.82, 2.24) is 5.43 Å². The Morgan fingerprint density at radius 1 is 1.06 bits per heavy atom. The van der Waals surface area contributed by atoms with Crippen LogP contribution in [0.4, 0.5) is 0 Å². The number of nitrogens with zero attached hydrogens (tertiary/aromatic N) is 1. The number of nitrogens with one attached hydrogen (secondary N) is 1. The average molecular weight is 259 g/mol. The quantitative estimate of drug-likeness (QED) is 0.654. The fourth-order valence-electron chi connectivity index (χ4n) is 1.63. The SMILES string of the molecule is C/C(=N/NCc1ccccc1Cl)c1ccccc1. The van der Waals surface area contributed by atoms with Crippen molar-refractivity contribution in [2.75, 3.05) is 0 Å². The molecule has 92 valence electrons. The summed E-state index contributed by atoms with van der Waals surface area (Å²) in [6.45, 7) is 2.61. The summed E-state index contributed by atoms with van der Waals surface area (Å²) >= 11 is 6.07. The lowest BCUT2D eigenvalue weighted by Crippen LogP contribution is -2.09. The summed E-state index contributed by atoms with van der Waals surface area (Å²) in [6.07, 6.45) is 0. The minimum atomic E-state index is 0.629. The lowest BCUT2D eigenvalue weighted by Gasteiger charge is -2.05. The third kappa shape index (κ3) is 3.34. The molecule has 1 N–H and O–H groups in total. The molecule has 0 amide bonds. The Balaban J connectivity index is 1.98. The zero-order chi connectivity index (χ0) is 12.8. The van der Waals surface area contributed by atoms with Gasteiger partial charge in [-0.3, -0.25) is 0 Å². The first-order chi connectivity index (χ1) is 8.77. The van der Waals surface area contributed by atoms with Crippen LogP contribution in [0, 0.1) is 0 Å². The number of hydrogen-bond donors (Lipinski definition) is 1. The maximum atomic E-state index is 6.07. The van der Waals surface area contributed by atoms with E-state index in [2.05, 4.69) is 10.5 Å². The first-order valence-corrected chi connectivity index (χ1v) is 6.21. The molecule has 0 atom stereocenters. The zero-order valence-electron chi connectivity index (χ0n) is 10.2. The van der Waals surface area contributed by atoms with Gasteiger partial charge in [-0.1, -0.05) is 60.1 Å². The lowest BCUT2D eigenvalue weighted by molar-refractivity contribution is 0.744. The zero-order valence-corrected chi connectivity index (χ0v) is 11.0. The number of hydrogen-bond acceptors (Lipinski definition) is 2. The molecule has 3 heteroatoms. The molecular formula is C15H15ClN2. The third-order valence-electron chi connectivity index (χ3n) is 2.67. The first-order valence-electron chi connectivity index (χ1n) is 5.83. The van der Waals surface area contributed by atoms with Gasteiger partial charge < -0.3 is 5.43 Å². The van der Waals surface area contributed by atoms with Gasteiger partial charge in [-0.05, 0) is 24.1 Å². The van der Waals surface area contributed by atoms with Crippen LogP contribution >= 0.6 is 11.6 Å². The fraction of sp³-hybridized carbons (Fsp3) is 0.133. The van der Waals surface area contributed by atoms with Gasteiger partial charge in [0.15, 0.2) is 0 Å². The minimum Gasteiger partial charge on any atom is -0.305 e. The molecule has 0 saturated carbocycles. The van der Waals surface area contributed by atoms with E-state index in [-0.39, 0.29) is 0 Å². The molecule has 2 aromatic carbocycles. The van der Waals surface area contributed by atoms with Gasteiger partial charge in [0.2, 0.25) is 0 Å². The number of hydrazone groups is 1.